The van der Waals surface area contributed by atoms with E-state index in [0.29, 0.717) is 0 Å². The molecule has 15 heteroatoms. The van der Waals surface area contributed by atoms with E-state index in [9.17, 15) is 41.9 Å². The molecule has 160 valence electrons. The molecule has 30 heavy (non-hydrogen) atoms. The largest absolute Gasteiger partial charge is 0.297 e. The third-order valence-electron chi connectivity index (χ3n) is 3.63. The zero-order valence-electron chi connectivity index (χ0n) is 14.9. The second-order valence-corrected chi connectivity index (χ2v) is 9.22. The van der Waals surface area contributed by atoms with Crippen LogP contribution in [0.2, 0.25) is 0 Å². The molecule has 13 nitrogen and oxygen atoms in total. The molecule has 0 saturated carbocycles. The number of nitro groups is 2. The summed E-state index contributed by atoms with van der Waals surface area (Å²) in [5, 5.41) is 21.2. The number of non-ortho nitro benzene ring substituents is 2. The highest BCUT2D eigenvalue weighted by molar-refractivity contribution is 7.89. The number of Topliss-reactive ketones (excluding diaryl/α,β-unsaturated/α-hetero) is 1. The number of carbonyl (C=O) groups is 1. The van der Waals surface area contributed by atoms with Crippen LogP contribution < -0.4 is 9.44 Å². The third-order valence-corrected chi connectivity index (χ3v) is 6.47. The quantitative estimate of drug-likeness (QED) is 0.372. The van der Waals surface area contributed by atoms with Crippen molar-refractivity contribution in [2.45, 2.75) is 9.79 Å². The van der Waals surface area contributed by atoms with Gasteiger partial charge in [-0.25, -0.2) is 26.3 Å². The number of carbonyl (C=O) groups excluding carboxylic acids is 1. The van der Waals surface area contributed by atoms with E-state index in [1.165, 1.54) is 0 Å². The fraction of sp³-hybridized carbons (Fsp3) is 0.133. The highest BCUT2D eigenvalue weighted by Gasteiger charge is 2.20. The van der Waals surface area contributed by atoms with Gasteiger partial charge in [0, 0.05) is 24.3 Å². The number of nitrogens with zero attached hydrogens (tertiary/aromatic N) is 2. The lowest BCUT2D eigenvalue weighted by atomic mass is 10.3. The number of ketones is 1. The van der Waals surface area contributed by atoms with Crippen molar-refractivity contribution in [3.05, 3.63) is 68.8 Å². The molecule has 0 unspecified atom stereocenters. The van der Waals surface area contributed by atoms with Crippen molar-refractivity contribution in [2.75, 3.05) is 13.1 Å². The van der Waals surface area contributed by atoms with Gasteiger partial charge in [0.2, 0.25) is 20.0 Å². The SMILES string of the molecule is O=C(CNS(=O)(=O)c1ccc([N+](=O)[O-])cc1)CNS(=O)(=O)c1ccc([N+](=O)[O-])cc1. The maximum Gasteiger partial charge on any atom is 0.269 e. The molecular weight excluding hydrogens is 444 g/mol. The summed E-state index contributed by atoms with van der Waals surface area (Å²) in [5.41, 5.74) is -0.628. The first-order valence-corrected chi connectivity index (χ1v) is 10.9. The maximum atomic E-state index is 12.1. The second-order valence-electron chi connectivity index (χ2n) is 5.69. The molecule has 2 rings (SSSR count). The van der Waals surface area contributed by atoms with Gasteiger partial charge in [0.25, 0.3) is 11.4 Å². The van der Waals surface area contributed by atoms with Crippen molar-refractivity contribution in [3.63, 3.8) is 0 Å². The number of hydrogen-bond donors (Lipinski definition) is 2. The van der Waals surface area contributed by atoms with E-state index in [1.807, 2.05) is 9.44 Å². The van der Waals surface area contributed by atoms with Gasteiger partial charge in [0.15, 0.2) is 5.78 Å². The second kappa shape index (κ2) is 9.04. The zero-order chi connectivity index (χ0) is 22.5. The van der Waals surface area contributed by atoms with Gasteiger partial charge in [-0.05, 0) is 24.3 Å². The Morgan fingerprint density at radius 3 is 1.27 bits per heavy atom. The topological polar surface area (TPSA) is 196 Å². The molecule has 0 aliphatic carbocycles. The molecule has 2 aromatic carbocycles. The van der Waals surface area contributed by atoms with Gasteiger partial charge < -0.3 is 0 Å². The van der Waals surface area contributed by atoms with E-state index >= 15 is 0 Å². The van der Waals surface area contributed by atoms with Gasteiger partial charge in [0.1, 0.15) is 0 Å². The van der Waals surface area contributed by atoms with Crippen LogP contribution in [0.3, 0.4) is 0 Å². The van der Waals surface area contributed by atoms with Crippen molar-refractivity contribution < 1.29 is 31.5 Å². The van der Waals surface area contributed by atoms with E-state index in [2.05, 4.69) is 0 Å². The van der Waals surface area contributed by atoms with Crippen LogP contribution >= 0.6 is 0 Å². The number of nitro benzene ring substituents is 2. The maximum absolute atomic E-state index is 12.1. The molecular formula is C15H14N4O9S2. The fourth-order valence-corrected chi connectivity index (χ4v) is 4.10. The molecule has 0 fully saturated rings. The Kier molecular flexibility index (Phi) is 6.93. The fourth-order valence-electron chi connectivity index (χ4n) is 2.07. The zero-order valence-corrected chi connectivity index (χ0v) is 16.6. The Morgan fingerprint density at radius 1 is 0.700 bits per heavy atom. The molecule has 0 aliphatic heterocycles. The minimum Gasteiger partial charge on any atom is -0.297 e. The molecule has 0 heterocycles. The summed E-state index contributed by atoms with van der Waals surface area (Å²) in [7, 11) is -8.30. The van der Waals surface area contributed by atoms with E-state index in [-0.39, 0.29) is 21.2 Å². The Balaban J connectivity index is 1.95. The smallest absolute Gasteiger partial charge is 0.269 e. The van der Waals surface area contributed by atoms with Crippen LogP contribution in [0.1, 0.15) is 0 Å². The molecule has 0 aromatic heterocycles. The summed E-state index contributed by atoms with van der Waals surface area (Å²) in [5.74, 6) is -0.814. The number of rotatable bonds is 10. The lowest BCUT2D eigenvalue weighted by molar-refractivity contribution is -0.385. The molecule has 2 N–H and O–H groups in total. The highest BCUT2D eigenvalue weighted by Crippen LogP contribution is 2.16. The Labute approximate surface area is 170 Å². The average molecular weight is 458 g/mol. The number of nitrogens with one attached hydrogen (secondary N) is 2. The van der Waals surface area contributed by atoms with Gasteiger partial charge in [-0.15, -0.1) is 0 Å². The predicted octanol–water partition coefficient (Wildman–Crippen LogP) is 0.329. The number of benzene rings is 2. The van der Waals surface area contributed by atoms with E-state index in [4.69, 9.17) is 0 Å². The van der Waals surface area contributed by atoms with Crippen molar-refractivity contribution in [3.8, 4) is 0 Å². The van der Waals surface area contributed by atoms with Crippen molar-refractivity contribution in [1.29, 1.82) is 0 Å². The normalized spacial score (nSPS) is 11.7. The third kappa shape index (κ3) is 5.86. The van der Waals surface area contributed by atoms with Crippen LogP contribution in [0.15, 0.2) is 58.3 Å². The van der Waals surface area contributed by atoms with Gasteiger partial charge in [-0.3, -0.25) is 25.0 Å². The van der Waals surface area contributed by atoms with Gasteiger partial charge in [-0.1, -0.05) is 0 Å². The molecule has 0 amide bonds. The Bertz CT molecular complexity index is 1080. The summed E-state index contributed by atoms with van der Waals surface area (Å²) < 4.78 is 52.3. The summed E-state index contributed by atoms with van der Waals surface area (Å²) in [4.78, 5) is 31.0. The van der Waals surface area contributed by atoms with Crippen molar-refractivity contribution >= 4 is 37.2 Å². The van der Waals surface area contributed by atoms with Gasteiger partial charge >= 0.3 is 0 Å². The summed E-state index contributed by atoms with van der Waals surface area (Å²) in [6, 6.07) is 7.88. The first-order valence-electron chi connectivity index (χ1n) is 7.92. The predicted molar refractivity (Wildman–Crippen MR) is 102 cm³/mol. The highest BCUT2D eigenvalue weighted by atomic mass is 32.2. The number of hydrogen-bond acceptors (Lipinski definition) is 9. The van der Waals surface area contributed by atoms with Crippen LogP contribution in [0, 0.1) is 20.2 Å². The van der Waals surface area contributed by atoms with Crippen LogP contribution in [-0.2, 0) is 24.8 Å². The summed E-state index contributed by atoms with van der Waals surface area (Å²) in [6.07, 6.45) is 0. The molecule has 0 radical (unpaired) electrons. The van der Waals surface area contributed by atoms with Gasteiger partial charge in [0.05, 0.1) is 32.7 Å². The van der Waals surface area contributed by atoms with E-state index < -0.39 is 48.8 Å². The van der Waals surface area contributed by atoms with E-state index in [1.54, 1.807) is 0 Å². The van der Waals surface area contributed by atoms with Crippen LogP contribution in [0.25, 0.3) is 0 Å². The monoisotopic (exact) mass is 458 g/mol. The summed E-state index contributed by atoms with van der Waals surface area (Å²) in [6.45, 7) is -1.47. The lowest BCUT2D eigenvalue weighted by Gasteiger charge is -2.08. The first-order chi connectivity index (χ1) is 13.9. The van der Waals surface area contributed by atoms with E-state index in [0.717, 1.165) is 48.5 Å². The van der Waals surface area contributed by atoms with Crippen LogP contribution in [0.4, 0.5) is 11.4 Å². The first kappa shape index (κ1) is 23.0. The van der Waals surface area contributed by atoms with Crippen molar-refractivity contribution in [2.24, 2.45) is 0 Å². The Morgan fingerprint density at radius 2 is 1.00 bits per heavy atom. The minimum atomic E-state index is -4.15. The molecule has 0 saturated heterocycles. The van der Waals surface area contributed by atoms with Crippen molar-refractivity contribution in [1.82, 2.24) is 9.44 Å². The van der Waals surface area contributed by atoms with Gasteiger partial charge in [-0.2, -0.15) is 0 Å². The molecule has 0 atom stereocenters. The lowest BCUT2D eigenvalue weighted by Crippen LogP contribution is -2.36. The summed E-state index contributed by atoms with van der Waals surface area (Å²) >= 11 is 0. The Hall–Kier alpha value is -3.27. The minimum absolute atomic E-state index is 0.313. The standard InChI is InChI=1S/C15H14N4O9S2/c20-13(9-16-29(25,26)14-5-1-11(2-6-14)18(21)22)10-17-30(27,28)15-7-3-12(4-8-15)19(23)24/h1-8,16-17H,9-10H2. The molecule has 0 aliphatic rings. The molecule has 0 bridgehead atoms. The molecule has 0 spiro atoms. The molecule has 2 aromatic rings. The number of sulfonamides is 2. The van der Waals surface area contributed by atoms with Crippen LogP contribution in [0.5, 0.6) is 0 Å². The van der Waals surface area contributed by atoms with Crippen LogP contribution in [-0.4, -0.2) is 45.6 Å². The average Bonchev–Trinajstić information content (AvgIpc) is 2.71.